The molecule has 0 aromatic carbocycles. The highest BCUT2D eigenvalue weighted by molar-refractivity contribution is 5.62. The van der Waals surface area contributed by atoms with Gasteiger partial charge in [-0.25, -0.2) is 0 Å². The first-order valence-corrected chi connectivity index (χ1v) is 4.41. The van der Waals surface area contributed by atoms with Crippen LogP contribution >= 0.6 is 0 Å². The molecule has 1 heteroatoms. The molecule has 0 N–H and O–H groups in total. The summed E-state index contributed by atoms with van der Waals surface area (Å²) in [4.78, 5) is 3.98. The molecule has 0 atom stereocenters. The van der Waals surface area contributed by atoms with E-state index < -0.39 is 0 Å². The van der Waals surface area contributed by atoms with Crippen LogP contribution < -0.4 is 0 Å². The van der Waals surface area contributed by atoms with Gasteiger partial charge in [-0.15, -0.1) is 0 Å². The summed E-state index contributed by atoms with van der Waals surface area (Å²) >= 11 is 0. The molecule has 0 saturated heterocycles. The smallest absolute Gasteiger partial charge is 0.0273 e. The topological polar surface area (TPSA) is 12.9 Å². The van der Waals surface area contributed by atoms with Crippen molar-refractivity contribution in [2.24, 2.45) is 0 Å². The van der Waals surface area contributed by atoms with Crippen molar-refractivity contribution in [1.29, 1.82) is 0 Å². The monoisotopic (exact) mass is 161 g/mol. The Morgan fingerprint density at radius 1 is 1.42 bits per heavy atom. The summed E-state index contributed by atoms with van der Waals surface area (Å²) < 4.78 is 0. The first-order chi connectivity index (χ1) is 5.84. The summed E-state index contributed by atoms with van der Waals surface area (Å²) in [5.74, 6) is 0. The fourth-order valence-corrected chi connectivity index (χ4v) is 1.09. The number of nitrogens with zero attached hydrogens (tertiary/aromatic N) is 1. The van der Waals surface area contributed by atoms with E-state index in [4.69, 9.17) is 0 Å². The molecule has 0 radical (unpaired) electrons. The molecule has 0 unspecified atom stereocenters. The first-order valence-electron chi connectivity index (χ1n) is 4.41. The summed E-state index contributed by atoms with van der Waals surface area (Å²) in [7, 11) is 0. The van der Waals surface area contributed by atoms with Crippen LogP contribution in [0.5, 0.6) is 0 Å². The molecule has 1 aromatic heterocycles. The summed E-state index contributed by atoms with van der Waals surface area (Å²) in [6.45, 7) is 4.33. The zero-order chi connectivity index (χ0) is 8.81. The van der Waals surface area contributed by atoms with Gasteiger partial charge in [0.1, 0.15) is 0 Å². The maximum atomic E-state index is 3.98. The largest absolute Gasteiger partial charge is 0.265 e. The highest BCUT2D eigenvalue weighted by Gasteiger charge is 1.91. The number of hydrogen-bond acceptors (Lipinski definition) is 1. The van der Waals surface area contributed by atoms with Crippen LogP contribution in [0.25, 0.3) is 5.57 Å². The quantitative estimate of drug-likeness (QED) is 0.663. The number of aromatic nitrogens is 1. The molecule has 1 aromatic rings. The number of hydrogen-bond donors (Lipinski definition) is 0. The second kappa shape index (κ2) is 4.70. The Morgan fingerprint density at radius 3 is 2.67 bits per heavy atom. The van der Waals surface area contributed by atoms with Gasteiger partial charge in [-0.3, -0.25) is 4.98 Å². The van der Waals surface area contributed by atoms with Gasteiger partial charge in [0, 0.05) is 12.4 Å². The Hall–Kier alpha value is -1.11. The maximum Gasteiger partial charge on any atom is 0.0273 e. The number of unbranched alkanes of at least 4 members (excludes halogenated alkanes) is 1. The minimum absolute atomic E-state index is 1.16. The fourth-order valence-electron chi connectivity index (χ4n) is 1.09. The number of pyridine rings is 1. The van der Waals surface area contributed by atoms with Gasteiger partial charge in [0.25, 0.3) is 0 Å². The van der Waals surface area contributed by atoms with Crippen molar-refractivity contribution in [2.45, 2.75) is 26.7 Å². The molecule has 0 aliphatic rings. The van der Waals surface area contributed by atoms with E-state index in [9.17, 15) is 0 Å². The minimum atomic E-state index is 1.16. The van der Waals surface area contributed by atoms with Crippen LogP contribution in [0.2, 0.25) is 0 Å². The number of rotatable bonds is 3. The second-order valence-corrected chi connectivity index (χ2v) is 2.91. The van der Waals surface area contributed by atoms with Crippen molar-refractivity contribution in [2.75, 3.05) is 0 Å². The zero-order valence-corrected chi connectivity index (χ0v) is 7.75. The van der Waals surface area contributed by atoms with Gasteiger partial charge in [0.15, 0.2) is 0 Å². The van der Waals surface area contributed by atoms with Crippen LogP contribution in [-0.4, -0.2) is 4.98 Å². The molecular weight excluding hydrogens is 146 g/mol. The first kappa shape index (κ1) is 8.98. The molecular formula is C11H15N. The van der Waals surface area contributed by atoms with E-state index in [2.05, 4.69) is 24.9 Å². The van der Waals surface area contributed by atoms with Crippen LogP contribution in [0.15, 0.2) is 30.6 Å². The summed E-state index contributed by atoms with van der Waals surface area (Å²) in [5.41, 5.74) is 2.62. The maximum absolute atomic E-state index is 3.98. The average molecular weight is 161 g/mol. The molecule has 1 rings (SSSR count). The Kier molecular flexibility index (Phi) is 3.52. The standard InChI is InChI=1S/C11H15N/c1-3-4-5-10(2)11-6-8-12-9-7-11/h5-9H,3-4H2,1-2H3/b10-5-. The van der Waals surface area contributed by atoms with Crippen molar-refractivity contribution >= 4 is 5.57 Å². The van der Waals surface area contributed by atoms with Crippen LogP contribution in [0.1, 0.15) is 32.3 Å². The van der Waals surface area contributed by atoms with Crippen molar-refractivity contribution in [3.63, 3.8) is 0 Å². The molecule has 0 fully saturated rings. The summed E-state index contributed by atoms with van der Waals surface area (Å²) in [6.07, 6.45) is 8.31. The summed E-state index contributed by atoms with van der Waals surface area (Å²) in [5, 5.41) is 0. The van der Waals surface area contributed by atoms with Crippen molar-refractivity contribution in [1.82, 2.24) is 4.98 Å². The lowest BCUT2D eigenvalue weighted by molar-refractivity contribution is 0.959. The van der Waals surface area contributed by atoms with Gasteiger partial charge >= 0.3 is 0 Å². The Morgan fingerprint density at radius 2 is 2.08 bits per heavy atom. The number of allylic oxidation sites excluding steroid dienone is 2. The normalized spacial score (nSPS) is 11.7. The molecule has 1 nitrogen and oxygen atoms in total. The van der Waals surface area contributed by atoms with Crippen molar-refractivity contribution in [3.05, 3.63) is 36.2 Å². The Labute approximate surface area is 74.2 Å². The highest BCUT2D eigenvalue weighted by Crippen LogP contribution is 2.12. The van der Waals surface area contributed by atoms with Crippen molar-refractivity contribution < 1.29 is 0 Å². The predicted octanol–water partition coefficient (Wildman–Crippen LogP) is 3.29. The van der Waals surface area contributed by atoms with E-state index in [1.807, 2.05) is 24.5 Å². The molecule has 12 heavy (non-hydrogen) atoms. The van der Waals surface area contributed by atoms with Gasteiger partial charge in [-0.2, -0.15) is 0 Å². The molecule has 0 spiro atoms. The lowest BCUT2D eigenvalue weighted by Gasteiger charge is -1.99. The van der Waals surface area contributed by atoms with Gasteiger partial charge < -0.3 is 0 Å². The molecule has 0 bridgehead atoms. The van der Waals surface area contributed by atoms with E-state index in [-0.39, 0.29) is 0 Å². The molecule has 0 saturated carbocycles. The van der Waals surface area contributed by atoms with E-state index >= 15 is 0 Å². The fraction of sp³-hybridized carbons (Fsp3) is 0.364. The lowest BCUT2D eigenvalue weighted by atomic mass is 10.1. The van der Waals surface area contributed by atoms with Gasteiger partial charge in [0.05, 0.1) is 0 Å². The molecule has 0 aliphatic carbocycles. The third kappa shape index (κ3) is 2.50. The minimum Gasteiger partial charge on any atom is -0.265 e. The third-order valence-electron chi connectivity index (χ3n) is 1.87. The van der Waals surface area contributed by atoms with Crippen LogP contribution in [0, 0.1) is 0 Å². The van der Waals surface area contributed by atoms with E-state index in [0.717, 1.165) is 6.42 Å². The third-order valence-corrected chi connectivity index (χ3v) is 1.87. The molecule has 64 valence electrons. The SMILES string of the molecule is CCC/C=C(/C)c1ccncc1. The Balaban J connectivity index is 2.71. The second-order valence-electron chi connectivity index (χ2n) is 2.91. The van der Waals surface area contributed by atoms with Gasteiger partial charge in [0.2, 0.25) is 0 Å². The Bertz CT molecular complexity index is 249. The van der Waals surface area contributed by atoms with Gasteiger partial charge in [-0.1, -0.05) is 19.4 Å². The molecule has 0 aliphatic heterocycles. The average Bonchev–Trinajstić information content (AvgIpc) is 2.15. The predicted molar refractivity (Wildman–Crippen MR) is 52.8 cm³/mol. The zero-order valence-electron chi connectivity index (χ0n) is 7.75. The van der Waals surface area contributed by atoms with Crippen LogP contribution in [0.3, 0.4) is 0 Å². The van der Waals surface area contributed by atoms with Gasteiger partial charge in [-0.05, 0) is 36.6 Å². The van der Waals surface area contributed by atoms with Crippen molar-refractivity contribution in [3.8, 4) is 0 Å². The molecule has 1 heterocycles. The summed E-state index contributed by atoms with van der Waals surface area (Å²) in [6, 6.07) is 4.09. The van der Waals surface area contributed by atoms with E-state index in [1.54, 1.807) is 0 Å². The highest BCUT2D eigenvalue weighted by atomic mass is 14.6. The van der Waals surface area contributed by atoms with E-state index in [0.29, 0.717) is 0 Å². The van der Waals surface area contributed by atoms with E-state index in [1.165, 1.54) is 17.6 Å². The molecule has 0 amide bonds. The van der Waals surface area contributed by atoms with Crippen LogP contribution in [-0.2, 0) is 0 Å². The lowest BCUT2D eigenvalue weighted by Crippen LogP contribution is -1.79. The van der Waals surface area contributed by atoms with Crippen LogP contribution in [0.4, 0.5) is 0 Å².